The van der Waals surface area contributed by atoms with Crippen molar-refractivity contribution in [2.24, 2.45) is 0 Å². The molecular formula is C17H21ClO2. The first kappa shape index (κ1) is 15.2. The average molecular weight is 293 g/mol. The number of alkyl halides is 1. The molecule has 2 rings (SSSR count). The third-order valence-electron chi connectivity index (χ3n) is 3.35. The lowest BCUT2D eigenvalue weighted by molar-refractivity contribution is -0.0110. The highest BCUT2D eigenvalue weighted by Crippen LogP contribution is 2.19. The third-order valence-corrected chi connectivity index (χ3v) is 3.54. The van der Waals surface area contributed by atoms with Gasteiger partial charge in [-0.3, -0.25) is 0 Å². The molecule has 1 aliphatic heterocycles. The molecule has 20 heavy (non-hydrogen) atoms. The normalized spacial score (nSPS) is 18.2. The first-order chi connectivity index (χ1) is 9.79. The molecule has 108 valence electrons. The van der Waals surface area contributed by atoms with Gasteiger partial charge in [0.1, 0.15) is 12.4 Å². The molecule has 0 saturated carbocycles. The Morgan fingerprint density at radius 2 is 2.30 bits per heavy atom. The number of rotatable bonds is 4. The summed E-state index contributed by atoms with van der Waals surface area (Å²) in [6, 6.07) is 6.02. The summed E-state index contributed by atoms with van der Waals surface area (Å²) < 4.78 is 11.5. The number of ether oxygens (including phenoxy) is 2. The molecule has 0 N–H and O–H groups in total. The van der Waals surface area contributed by atoms with E-state index in [9.17, 15) is 0 Å². The Morgan fingerprint density at radius 1 is 1.40 bits per heavy atom. The minimum Gasteiger partial charge on any atom is -0.491 e. The van der Waals surface area contributed by atoms with Crippen LogP contribution in [0.1, 0.15) is 36.8 Å². The van der Waals surface area contributed by atoms with Crippen molar-refractivity contribution in [3.8, 4) is 17.6 Å². The van der Waals surface area contributed by atoms with Gasteiger partial charge in [0.15, 0.2) is 0 Å². The van der Waals surface area contributed by atoms with Gasteiger partial charge in [-0.15, -0.1) is 11.6 Å². The number of benzene rings is 1. The van der Waals surface area contributed by atoms with Crippen LogP contribution in [0.3, 0.4) is 0 Å². The van der Waals surface area contributed by atoms with Crippen molar-refractivity contribution in [3.05, 3.63) is 29.3 Å². The fraction of sp³-hybridized carbons (Fsp3) is 0.529. The largest absolute Gasteiger partial charge is 0.491 e. The molecule has 1 saturated heterocycles. The molecular weight excluding hydrogens is 272 g/mol. The van der Waals surface area contributed by atoms with Crippen LogP contribution in [0.4, 0.5) is 0 Å². The smallest absolute Gasteiger partial charge is 0.119 e. The molecule has 0 bridgehead atoms. The Kier molecular flexibility index (Phi) is 6.24. The van der Waals surface area contributed by atoms with Crippen LogP contribution in [0, 0.1) is 18.8 Å². The van der Waals surface area contributed by atoms with E-state index >= 15 is 0 Å². The van der Waals surface area contributed by atoms with E-state index in [0.717, 1.165) is 36.3 Å². The summed E-state index contributed by atoms with van der Waals surface area (Å²) in [4.78, 5) is 0. The molecule has 3 heteroatoms. The van der Waals surface area contributed by atoms with Gasteiger partial charge in [0.2, 0.25) is 0 Å². The monoisotopic (exact) mass is 292 g/mol. The second kappa shape index (κ2) is 8.19. The predicted octanol–water partition coefficient (Wildman–Crippen LogP) is 3.92. The maximum atomic E-state index is 5.81. The van der Waals surface area contributed by atoms with Crippen LogP contribution in [-0.4, -0.2) is 25.2 Å². The van der Waals surface area contributed by atoms with Crippen molar-refractivity contribution in [3.63, 3.8) is 0 Å². The van der Waals surface area contributed by atoms with E-state index in [2.05, 4.69) is 18.8 Å². The van der Waals surface area contributed by atoms with Crippen molar-refractivity contribution < 1.29 is 9.47 Å². The van der Waals surface area contributed by atoms with Crippen LogP contribution in [0.15, 0.2) is 18.2 Å². The predicted molar refractivity (Wildman–Crippen MR) is 82.5 cm³/mol. The van der Waals surface area contributed by atoms with Crippen LogP contribution < -0.4 is 4.74 Å². The first-order valence-corrected chi connectivity index (χ1v) is 7.73. The summed E-state index contributed by atoms with van der Waals surface area (Å²) in [5, 5.41) is 0. The van der Waals surface area contributed by atoms with Gasteiger partial charge in [-0.05, 0) is 49.9 Å². The summed E-state index contributed by atoms with van der Waals surface area (Å²) in [5.41, 5.74) is 2.17. The molecule has 0 radical (unpaired) electrons. The summed E-state index contributed by atoms with van der Waals surface area (Å²) in [6.45, 7) is 3.55. The van der Waals surface area contributed by atoms with Crippen molar-refractivity contribution in [1.29, 1.82) is 0 Å². The Bertz CT molecular complexity index is 481. The summed E-state index contributed by atoms with van der Waals surface area (Å²) >= 11 is 5.61. The molecule has 1 aromatic rings. The zero-order valence-corrected chi connectivity index (χ0v) is 12.7. The number of aryl methyl sites for hydroxylation is 1. The quantitative estimate of drug-likeness (QED) is 0.618. The van der Waals surface area contributed by atoms with Crippen LogP contribution in [0.25, 0.3) is 0 Å². The lowest BCUT2D eigenvalue weighted by Crippen LogP contribution is -2.25. The molecule has 1 unspecified atom stereocenters. The number of hydrogen-bond acceptors (Lipinski definition) is 2. The lowest BCUT2D eigenvalue weighted by Gasteiger charge is -2.22. The van der Waals surface area contributed by atoms with E-state index in [1.807, 2.05) is 18.2 Å². The molecule has 0 aliphatic carbocycles. The van der Waals surface area contributed by atoms with E-state index in [4.69, 9.17) is 21.1 Å². The van der Waals surface area contributed by atoms with Gasteiger partial charge in [0.05, 0.1) is 6.10 Å². The topological polar surface area (TPSA) is 18.5 Å². The SMILES string of the molecule is Cc1cc(OCC2CCCCO2)ccc1C#CCCCl. The highest BCUT2D eigenvalue weighted by Gasteiger charge is 2.14. The Balaban J connectivity index is 1.90. The molecule has 0 spiro atoms. The first-order valence-electron chi connectivity index (χ1n) is 7.19. The van der Waals surface area contributed by atoms with Gasteiger partial charge in [-0.1, -0.05) is 11.8 Å². The van der Waals surface area contributed by atoms with Crippen LogP contribution in [0.2, 0.25) is 0 Å². The standard InChI is InChI=1S/C17H21ClO2/c1-14-12-16(9-8-15(14)6-2-4-10-18)20-13-17-7-3-5-11-19-17/h8-9,12,17H,3-5,7,10-11,13H2,1H3. The number of hydrogen-bond donors (Lipinski definition) is 0. The van der Waals surface area contributed by atoms with Crippen molar-refractivity contribution >= 4 is 11.6 Å². The zero-order chi connectivity index (χ0) is 14.2. The summed E-state index contributed by atoms with van der Waals surface area (Å²) in [6.07, 6.45) is 4.47. The third kappa shape index (κ3) is 4.74. The summed E-state index contributed by atoms with van der Waals surface area (Å²) in [5.74, 6) is 7.65. The minimum atomic E-state index is 0.243. The Labute approximate surface area is 126 Å². The fourth-order valence-electron chi connectivity index (χ4n) is 2.20. The molecule has 0 aromatic heterocycles. The van der Waals surface area contributed by atoms with Crippen molar-refractivity contribution in [1.82, 2.24) is 0 Å². The second-order valence-electron chi connectivity index (χ2n) is 5.02. The van der Waals surface area contributed by atoms with E-state index in [0.29, 0.717) is 12.5 Å². The maximum Gasteiger partial charge on any atom is 0.119 e. The van der Waals surface area contributed by atoms with Crippen LogP contribution in [-0.2, 0) is 4.74 Å². The highest BCUT2D eigenvalue weighted by molar-refractivity contribution is 6.18. The zero-order valence-electron chi connectivity index (χ0n) is 12.0. The van der Waals surface area contributed by atoms with Gasteiger partial charge < -0.3 is 9.47 Å². The fourth-order valence-corrected chi connectivity index (χ4v) is 2.29. The van der Waals surface area contributed by atoms with Crippen LogP contribution >= 0.6 is 11.6 Å². The van der Waals surface area contributed by atoms with Gasteiger partial charge in [-0.2, -0.15) is 0 Å². The summed E-state index contributed by atoms with van der Waals surface area (Å²) in [7, 11) is 0. The van der Waals surface area contributed by atoms with Gasteiger partial charge >= 0.3 is 0 Å². The minimum absolute atomic E-state index is 0.243. The van der Waals surface area contributed by atoms with E-state index < -0.39 is 0 Å². The van der Waals surface area contributed by atoms with Gasteiger partial charge in [0.25, 0.3) is 0 Å². The second-order valence-corrected chi connectivity index (χ2v) is 5.40. The van der Waals surface area contributed by atoms with E-state index in [1.165, 1.54) is 12.8 Å². The lowest BCUT2D eigenvalue weighted by atomic mass is 10.1. The molecule has 0 amide bonds. The van der Waals surface area contributed by atoms with Crippen LogP contribution in [0.5, 0.6) is 5.75 Å². The Morgan fingerprint density at radius 3 is 3.00 bits per heavy atom. The van der Waals surface area contributed by atoms with Gasteiger partial charge in [0, 0.05) is 24.5 Å². The molecule has 1 fully saturated rings. The molecule has 1 aliphatic rings. The Hall–Kier alpha value is -1.17. The number of halogens is 1. The average Bonchev–Trinajstić information content (AvgIpc) is 2.48. The maximum absolute atomic E-state index is 5.81. The molecule has 2 nitrogen and oxygen atoms in total. The van der Waals surface area contributed by atoms with Crippen molar-refractivity contribution in [2.45, 2.75) is 38.7 Å². The van der Waals surface area contributed by atoms with E-state index in [-0.39, 0.29) is 6.10 Å². The molecule has 1 aromatic carbocycles. The highest BCUT2D eigenvalue weighted by atomic mass is 35.5. The molecule has 1 heterocycles. The van der Waals surface area contributed by atoms with Gasteiger partial charge in [-0.25, -0.2) is 0 Å². The van der Waals surface area contributed by atoms with Crippen molar-refractivity contribution in [2.75, 3.05) is 19.1 Å². The molecule has 1 atom stereocenters. The van der Waals surface area contributed by atoms with E-state index in [1.54, 1.807) is 0 Å².